The lowest BCUT2D eigenvalue weighted by molar-refractivity contribution is -0.141. The van der Waals surface area contributed by atoms with Gasteiger partial charge in [0.1, 0.15) is 5.82 Å². The van der Waals surface area contributed by atoms with Gasteiger partial charge in [0.2, 0.25) is 5.28 Å². The second-order valence-corrected chi connectivity index (χ2v) is 6.76. The molecule has 1 saturated heterocycles. The Morgan fingerprint density at radius 3 is 2.64 bits per heavy atom. The van der Waals surface area contributed by atoms with Crippen LogP contribution in [0.15, 0.2) is 6.07 Å². The normalized spacial score (nSPS) is 30.8. The highest BCUT2D eigenvalue weighted by molar-refractivity contribution is 6.28. The van der Waals surface area contributed by atoms with E-state index in [2.05, 4.69) is 23.8 Å². The number of fused-ring (bicyclic) bond motifs is 1. The van der Waals surface area contributed by atoms with Crippen LogP contribution >= 0.6 is 11.6 Å². The molecule has 3 atom stereocenters. The molecular weight excluding hydrogens is 319 g/mol. The number of aromatic nitrogens is 2. The monoisotopic (exact) mass is 335 g/mol. The highest BCUT2D eigenvalue weighted by atomic mass is 35.5. The van der Waals surface area contributed by atoms with E-state index in [9.17, 15) is 18.3 Å². The first-order valence-electron chi connectivity index (χ1n) is 7.17. The molecule has 3 unspecified atom stereocenters. The first-order chi connectivity index (χ1) is 10.2. The number of aliphatic hydroxyl groups is 1. The predicted octanol–water partition coefficient (Wildman–Crippen LogP) is 2.85. The third kappa shape index (κ3) is 2.25. The zero-order valence-corrected chi connectivity index (χ0v) is 13.0. The van der Waals surface area contributed by atoms with Gasteiger partial charge < -0.3 is 10.0 Å². The number of aliphatic hydroxyl groups excluding tert-OH is 1. The first kappa shape index (κ1) is 15.8. The molecule has 0 radical (unpaired) electrons. The summed E-state index contributed by atoms with van der Waals surface area (Å²) < 4.78 is 38.5. The van der Waals surface area contributed by atoms with Crippen molar-refractivity contribution in [2.24, 2.45) is 23.2 Å². The number of hydrogen-bond donors (Lipinski definition) is 1. The van der Waals surface area contributed by atoms with Gasteiger partial charge in [-0.2, -0.15) is 13.2 Å². The van der Waals surface area contributed by atoms with Gasteiger partial charge in [0, 0.05) is 31.2 Å². The highest BCUT2D eigenvalue weighted by Crippen LogP contribution is 2.67. The minimum atomic E-state index is -4.55. The Kier molecular flexibility index (Phi) is 3.56. The molecule has 0 aromatic carbocycles. The molecule has 2 heterocycles. The number of rotatable bonds is 3. The topological polar surface area (TPSA) is 49.2 Å². The van der Waals surface area contributed by atoms with Gasteiger partial charge in [-0.15, -0.1) is 0 Å². The van der Waals surface area contributed by atoms with Crippen LogP contribution in [0.5, 0.6) is 0 Å². The summed E-state index contributed by atoms with van der Waals surface area (Å²) in [4.78, 5) is 9.02. The number of nitrogens with zero attached hydrogens (tertiary/aromatic N) is 3. The third-order valence-corrected chi connectivity index (χ3v) is 5.38. The van der Waals surface area contributed by atoms with E-state index in [-0.39, 0.29) is 23.8 Å². The average Bonchev–Trinajstić information content (AvgIpc) is 2.85. The summed E-state index contributed by atoms with van der Waals surface area (Å²) in [6, 6.07) is 0.943. The summed E-state index contributed by atoms with van der Waals surface area (Å²) in [6.07, 6.45) is -4.55. The Labute approximate surface area is 131 Å². The number of anilines is 1. The second kappa shape index (κ2) is 4.96. The average molecular weight is 336 g/mol. The molecule has 1 aromatic heterocycles. The molecule has 8 heteroatoms. The number of halogens is 4. The Morgan fingerprint density at radius 1 is 1.45 bits per heavy atom. The van der Waals surface area contributed by atoms with Gasteiger partial charge in [-0.1, -0.05) is 13.8 Å². The van der Waals surface area contributed by atoms with Crippen LogP contribution in [0.25, 0.3) is 0 Å². The molecule has 1 aliphatic heterocycles. The maximum atomic E-state index is 12.8. The molecule has 1 saturated carbocycles. The lowest BCUT2D eigenvalue weighted by Gasteiger charge is -2.26. The summed E-state index contributed by atoms with van der Waals surface area (Å²) in [6.45, 7) is 5.47. The van der Waals surface area contributed by atoms with Crippen molar-refractivity contribution < 1.29 is 18.3 Å². The molecule has 0 amide bonds. The Balaban J connectivity index is 1.88. The van der Waals surface area contributed by atoms with E-state index >= 15 is 0 Å². The maximum absolute atomic E-state index is 12.8. The van der Waals surface area contributed by atoms with Crippen molar-refractivity contribution in [1.29, 1.82) is 0 Å². The standard InChI is InChI=1S/C14H17ClF3N3O/c1-7(2)13-6-21(4-8(13)9(13)5-22)11-3-10(14(16,17)18)19-12(15)20-11/h3,7-9,22H,4-6H2,1-2H3. The van der Waals surface area contributed by atoms with Crippen molar-refractivity contribution in [2.45, 2.75) is 20.0 Å². The Hall–Kier alpha value is -1.08. The van der Waals surface area contributed by atoms with Crippen LogP contribution in [-0.2, 0) is 6.18 Å². The molecule has 1 aliphatic carbocycles. The molecular formula is C14H17ClF3N3O. The number of piperidine rings is 1. The minimum Gasteiger partial charge on any atom is -0.396 e. The summed E-state index contributed by atoms with van der Waals surface area (Å²) in [5.74, 6) is 1.07. The quantitative estimate of drug-likeness (QED) is 0.863. The van der Waals surface area contributed by atoms with Gasteiger partial charge in [0.05, 0.1) is 0 Å². The fourth-order valence-electron chi connectivity index (χ4n) is 4.02. The fourth-order valence-corrected chi connectivity index (χ4v) is 4.19. The molecule has 2 aliphatic rings. The van der Waals surface area contributed by atoms with Gasteiger partial charge in [-0.25, -0.2) is 9.97 Å². The van der Waals surface area contributed by atoms with Crippen molar-refractivity contribution in [2.75, 3.05) is 24.6 Å². The number of alkyl halides is 3. The molecule has 2 fully saturated rings. The van der Waals surface area contributed by atoms with Gasteiger partial charge in [0.15, 0.2) is 5.69 Å². The molecule has 3 rings (SSSR count). The zero-order valence-electron chi connectivity index (χ0n) is 12.2. The van der Waals surface area contributed by atoms with Crippen LogP contribution in [0.3, 0.4) is 0 Å². The molecule has 22 heavy (non-hydrogen) atoms. The maximum Gasteiger partial charge on any atom is 0.433 e. The van der Waals surface area contributed by atoms with Crippen molar-refractivity contribution in [3.8, 4) is 0 Å². The van der Waals surface area contributed by atoms with E-state index in [1.54, 1.807) is 0 Å². The Morgan fingerprint density at radius 2 is 2.14 bits per heavy atom. The molecule has 0 bridgehead atoms. The summed E-state index contributed by atoms with van der Waals surface area (Å²) >= 11 is 5.65. The van der Waals surface area contributed by atoms with Crippen molar-refractivity contribution in [1.82, 2.24) is 9.97 Å². The molecule has 1 aromatic rings. The van der Waals surface area contributed by atoms with E-state index in [0.717, 1.165) is 6.07 Å². The lowest BCUT2D eigenvalue weighted by atomic mass is 9.89. The molecule has 4 nitrogen and oxygen atoms in total. The third-order valence-electron chi connectivity index (χ3n) is 5.21. The van der Waals surface area contributed by atoms with E-state index < -0.39 is 17.2 Å². The van der Waals surface area contributed by atoms with Crippen molar-refractivity contribution in [3.63, 3.8) is 0 Å². The van der Waals surface area contributed by atoms with Gasteiger partial charge >= 0.3 is 6.18 Å². The molecule has 122 valence electrons. The molecule has 0 spiro atoms. The van der Waals surface area contributed by atoms with E-state index in [1.807, 2.05) is 4.90 Å². The SMILES string of the molecule is CC(C)C12CN(c3cc(C(F)(F)F)nc(Cl)n3)CC1C2CO. The largest absolute Gasteiger partial charge is 0.433 e. The zero-order chi connectivity index (χ0) is 16.3. The number of hydrogen-bond acceptors (Lipinski definition) is 4. The van der Waals surface area contributed by atoms with Gasteiger partial charge in [-0.3, -0.25) is 0 Å². The summed E-state index contributed by atoms with van der Waals surface area (Å²) in [5.41, 5.74) is -1.06. The van der Waals surface area contributed by atoms with Crippen LogP contribution in [0.2, 0.25) is 5.28 Å². The minimum absolute atomic E-state index is 0.0371. The predicted molar refractivity (Wildman–Crippen MR) is 75.6 cm³/mol. The van der Waals surface area contributed by atoms with E-state index in [4.69, 9.17) is 11.6 Å². The van der Waals surface area contributed by atoms with Crippen LogP contribution in [0, 0.1) is 23.2 Å². The highest BCUT2D eigenvalue weighted by Gasteiger charge is 2.69. The lowest BCUT2D eigenvalue weighted by Crippen LogP contribution is -2.31. The summed E-state index contributed by atoms with van der Waals surface area (Å²) in [7, 11) is 0. The Bertz CT molecular complexity index is 595. The smallest absolute Gasteiger partial charge is 0.396 e. The fraction of sp³-hybridized carbons (Fsp3) is 0.714. The van der Waals surface area contributed by atoms with Gasteiger partial charge in [-0.05, 0) is 29.4 Å². The summed E-state index contributed by atoms with van der Waals surface area (Å²) in [5, 5.41) is 9.06. The van der Waals surface area contributed by atoms with Crippen LogP contribution < -0.4 is 4.90 Å². The van der Waals surface area contributed by atoms with Crippen LogP contribution in [0.4, 0.5) is 19.0 Å². The second-order valence-electron chi connectivity index (χ2n) is 6.42. The molecule has 1 N–H and O–H groups in total. The first-order valence-corrected chi connectivity index (χ1v) is 7.55. The van der Waals surface area contributed by atoms with E-state index in [1.165, 1.54) is 0 Å². The van der Waals surface area contributed by atoms with E-state index in [0.29, 0.717) is 24.9 Å². The van der Waals surface area contributed by atoms with Gasteiger partial charge in [0.25, 0.3) is 0 Å². The van der Waals surface area contributed by atoms with Crippen LogP contribution in [0.1, 0.15) is 19.5 Å². The van der Waals surface area contributed by atoms with Crippen molar-refractivity contribution >= 4 is 17.4 Å². The van der Waals surface area contributed by atoms with Crippen LogP contribution in [-0.4, -0.2) is 34.8 Å². The van der Waals surface area contributed by atoms with Crippen molar-refractivity contribution in [3.05, 3.63) is 17.0 Å².